The third kappa shape index (κ3) is 3.88. The molecule has 1 aromatic carbocycles. The number of hydrogen-bond donors (Lipinski definition) is 1. The maximum Gasteiger partial charge on any atom is 0.0267 e. The van der Waals surface area contributed by atoms with Crippen LogP contribution in [0.25, 0.3) is 0 Å². The van der Waals surface area contributed by atoms with Crippen molar-refractivity contribution in [1.82, 2.24) is 0 Å². The summed E-state index contributed by atoms with van der Waals surface area (Å²) in [4.78, 5) is 0. The van der Waals surface area contributed by atoms with E-state index in [1.54, 1.807) is 0 Å². The Morgan fingerprint density at radius 1 is 1.33 bits per heavy atom. The number of hydrogen-bond acceptors (Lipinski definition) is 1. The molecule has 1 unspecified atom stereocenters. The fourth-order valence-electron chi connectivity index (χ4n) is 1.76. The Kier molecular flexibility index (Phi) is 4.10. The second-order valence-corrected chi connectivity index (χ2v) is 4.54. The van der Waals surface area contributed by atoms with Crippen LogP contribution in [0.5, 0.6) is 0 Å². The summed E-state index contributed by atoms with van der Waals surface area (Å²) in [6, 6.07) is 6.68. The Morgan fingerprint density at radius 2 is 2.00 bits per heavy atom. The van der Waals surface area contributed by atoms with Crippen molar-refractivity contribution in [3.63, 3.8) is 0 Å². The average Bonchev–Trinajstić information content (AvgIpc) is 2.10. The fraction of sp³-hybridized carbons (Fsp3) is 0.429. The average molecular weight is 203 g/mol. The van der Waals surface area contributed by atoms with E-state index >= 15 is 0 Å². The zero-order chi connectivity index (χ0) is 11.4. The van der Waals surface area contributed by atoms with Gasteiger partial charge >= 0.3 is 0 Å². The molecule has 0 fully saturated rings. The van der Waals surface area contributed by atoms with E-state index in [1.165, 1.54) is 22.3 Å². The van der Waals surface area contributed by atoms with E-state index in [2.05, 4.69) is 52.0 Å². The highest BCUT2D eigenvalue weighted by Crippen LogP contribution is 2.13. The van der Waals surface area contributed by atoms with Crippen LogP contribution in [-0.2, 0) is 6.42 Å². The van der Waals surface area contributed by atoms with Gasteiger partial charge in [0.2, 0.25) is 0 Å². The van der Waals surface area contributed by atoms with E-state index in [1.807, 2.05) is 0 Å². The third-order valence-corrected chi connectivity index (χ3v) is 2.51. The van der Waals surface area contributed by atoms with Crippen LogP contribution in [0.4, 0.5) is 0 Å². The van der Waals surface area contributed by atoms with Crippen LogP contribution in [0.15, 0.2) is 29.8 Å². The Morgan fingerprint density at radius 3 is 2.60 bits per heavy atom. The van der Waals surface area contributed by atoms with Crippen molar-refractivity contribution in [2.45, 2.75) is 40.2 Å². The minimum atomic E-state index is 0.135. The molecule has 2 N–H and O–H groups in total. The Balaban J connectivity index is 2.80. The highest BCUT2D eigenvalue weighted by molar-refractivity contribution is 5.31. The highest BCUT2D eigenvalue weighted by Gasteiger charge is 2.03. The molecule has 0 amide bonds. The Bertz CT molecular complexity index is 360. The second kappa shape index (κ2) is 5.13. The van der Waals surface area contributed by atoms with Crippen LogP contribution in [0, 0.1) is 13.8 Å². The van der Waals surface area contributed by atoms with Crippen molar-refractivity contribution < 1.29 is 0 Å². The predicted molar refractivity (Wildman–Crippen MR) is 67.0 cm³/mol. The molecular weight excluding hydrogens is 182 g/mol. The largest absolute Gasteiger partial charge is 0.324 e. The number of aryl methyl sites for hydroxylation is 2. The molecule has 0 saturated carbocycles. The van der Waals surface area contributed by atoms with Gasteiger partial charge in [0, 0.05) is 6.04 Å². The van der Waals surface area contributed by atoms with E-state index in [0.717, 1.165) is 6.42 Å². The van der Waals surface area contributed by atoms with E-state index in [9.17, 15) is 0 Å². The Labute approximate surface area is 93.0 Å². The zero-order valence-corrected chi connectivity index (χ0v) is 10.2. The number of allylic oxidation sites excluding steroid dienone is 1. The summed E-state index contributed by atoms with van der Waals surface area (Å²) in [7, 11) is 0. The van der Waals surface area contributed by atoms with Crippen LogP contribution in [0.1, 0.15) is 30.5 Å². The highest BCUT2D eigenvalue weighted by atomic mass is 14.6. The lowest BCUT2D eigenvalue weighted by Crippen LogP contribution is -2.20. The lowest BCUT2D eigenvalue weighted by Gasteiger charge is -2.11. The molecule has 1 nitrogen and oxygen atoms in total. The van der Waals surface area contributed by atoms with Gasteiger partial charge in [-0.15, -0.1) is 0 Å². The van der Waals surface area contributed by atoms with Crippen LogP contribution in [0.3, 0.4) is 0 Å². The number of nitrogens with two attached hydrogens (primary N) is 1. The summed E-state index contributed by atoms with van der Waals surface area (Å²) in [6.07, 6.45) is 3.06. The number of benzene rings is 1. The zero-order valence-electron chi connectivity index (χ0n) is 10.2. The summed E-state index contributed by atoms with van der Waals surface area (Å²) in [5.74, 6) is 0. The van der Waals surface area contributed by atoms with Gasteiger partial charge in [-0.05, 0) is 45.2 Å². The van der Waals surface area contributed by atoms with Crippen LogP contribution in [0.2, 0.25) is 0 Å². The molecule has 1 rings (SSSR count). The van der Waals surface area contributed by atoms with Crippen molar-refractivity contribution >= 4 is 0 Å². The first-order chi connectivity index (χ1) is 6.99. The van der Waals surface area contributed by atoms with Crippen LogP contribution >= 0.6 is 0 Å². The van der Waals surface area contributed by atoms with E-state index < -0.39 is 0 Å². The van der Waals surface area contributed by atoms with Gasteiger partial charge in [0.15, 0.2) is 0 Å². The fourth-order valence-corrected chi connectivity index (χ4v) is 1.76. The summed E-state index contributed by atoms with van der Waals surface area (Å²) in [5.41, 5.74) is 11.3. The summed E-state index contributed by atoms with van der Waals surface area (Å²) in [6.45, 7) is 8.44. The van der Waals surface area contributed by atoms with E-state index in [4.69, 9.17) is 5.73 Å². The number of rotatable bonds is 3. The molecule has 0 aliphatic carbocycles. The van der Waals surface area contributed by atoms with Crippen molar-refractivity contribution in [3.8, 4) is 0 Å². The minimum Gasteiger partial charge on any atom is -0.324 e. The van der Waals surface area contributed by atoms with Crippen molar-refractivity contribution in [1.29, 1.82) is 0 Å². The molecule has 0 spiro atoms. The first-order valence-electron chi connectivity index (χ1n) is 5.46. The maximum absolute atomic E-state index is 6.05. The van der Waals surface area contributed by atoms with E-state index in [0.29, 0.717) is 0 Å². The van der Waals surface area contributed by atoms with Gasteiger partial charge in [0.05, 0.1) is 0 Å². The topological polar surface area (TPSA) is 26.0 Å². The van der Waals surface area contributed by atoms with Gasteiger partial charge in [0.1, 0.15) is 0 Å². The molecule has 0 saturated heterocycles. The molecule has 0 aliphatic heterocycles. The summed E-state index contributed by atoms with van der Waals surface area (Å²) >= 11 is 0. The predicted octanol–water partition coefficient (Wildman–Crippen LogP) is 3.14. The second-order valence-electron chi connectivity index (χ2n) is 4.54. The Hall–Kier alpha value is -1.08. The lowest BCUT2D eigenvalue weighted by atomic mass is 9.98. The van der Waals surface area contributed by atoms with Gasteiger partial charge in [0.25, 0.3) is 0 Å². The maximum atomic E-state index is 6.05. The van der Waals surface area contributed by atoms with Crippen LogP contribution in [-0.4, -0.2) is 6.04 Å². The summed E-state index contributed by atoms with van der Waals surface area (Å²) in [5, 5.41) is 0. The van der Waals surface area contributed by atoms with E-state index in [-0.39, 0.29) is 6.04 Å². The third-order valence-electron chi connectivity index (χ3n) is 2.51. The molecule has 0 bridgehead atoms. The molecule has 0 heterocycles. The normalized spacial score (nSPS) is 12.3. The van der Waals surface area contributed by atoms with Gasteiger partial charge < -0.3 is 5.73 Å². The first-order valence-corrected chi connectivity index (χ1v) is 5.46. The van der Waals surface area contributed by atoms with Crippen molar-refractivity contribution in [3.05, 3.63) is 46.5 Å². The molecule has 0 radical (unpaired) electrons. The molecule has 0 aromatic heterocycles. The SMILES string of the molecule is CC(C)=CC(N)Cc1cc(C)ccc1C. The van der Waals surface area contributed by atoms with Crippen molar-refractivity contribution in [2.75, 3.05) is 0 Å². The quantitative estimate of drug-likeness (QED) is 0.750. The van der Waals surface area contributed by atoms with Gasteiger partial charge in [-0.2, -0.15) is 0 Å². The van der Waals surface area contributed by atoms with Crippen molar-refractivity contribution in [2.24, 2.45) is 5.73 Å². The molecule has 1 heteroatoms. The standard InChI is InChI=1S/C14H21N/c1-10(2)7-14(15)9-13-8-11(3)5-6-12(13)4/h5-8,14H,9,15H2,1-4H3. The molecule has 0 aliphatic rings. The smallest absolute Gasteiger partial charge is 0.0267 e. The van der Waals surface area contributed by atoms with Gasteiger partial charge in [-0.25, -0.2) is 0 Å². The lowest BCUT2D eigenvalue weighted by molar-refractivity contribution is 0.797. The first kappa shape index (κ1) is 12.0. The molecular formula is C14H21N. The van der Waals surface area contributed by atoms with Gasteiger partial charge in [-0.1, -0.05) is 35.4 Å². The summed E-state index contributed by atoms with van der Waals surface area (Å²) < 4.78 is 0. The monoisotopic (exact) mass is 203 g/mol. The van der Waals surface area contributed by atoms with Gasteiger partial charge in [-0.3, -0.25) is 0 Å². The molecule has 1 aromatic rings. The molecule has 82 valence electrons. The molecule has 1 atom stereocenters. The minimum absolute atomic E-state index is 0.135. The molecule has 15 heavy (non-hydrogen) atoms. The van der Waals surface area contributed by atoms with Crippen LogP contribution < -0.4 is 5.73 Å².